The van der Waals surface area contributed by atoms with E-state index in [4.69, 9.17) is 4.74 Å². The number of rotatable bonds is 8. The van der Waals surface area contributed by atoms with Crippen LogP contribution in [-0.2, 0) is 16.0 Å². The fraction of sp³-hybridized carbons (Fsp3) is 0.161. The van der Waals surface area contributed by atoms with Crippen LogP contribution in [0.25, 0.3) is 22.3 Å². The van der Waals surface area contributed by atoms with Crippen molar-refractivity contribution in [3.8, 4) is 22.3 Å². The Morgan fingerprint density at radius 2 is 1.31 bits per heavy atom. The number of aliphatic carboxylic acids is 1. The van der Waals surface area contributed by atoms with E-state index in [1.54, 1.807) is 0 Å². The number of ether oxygens (including phenoxy) is 1. The summed E-state index contributed by atoms with van der Waals surface area (Å²) in [5.74, 6) is -1.16. The molecule has 1 aliphatic carbocycles. The molecule has 0 spiro atoms. The van der Waals surface area contributed by atoms with Gasteiger partial charge in [0.25, 0.3) is 0 Å². The summed E-state index contributed by atoms with van der Waals surface area (Å²) < 4.78 is 5.55. The lowest BCUT2D eigenvalue weighted by Gasteiger charge is -2.18. The molecule has 0 heterocycles. The highest BCUT2D eigenvalue weighted by Crippen LogP contribution is 2.44. The lowest BCUT2D eigenvalue weighted by atomic mass is 9.95. The lowest BCUT2D eigenvalue weighted by molar-refractivity contribution is -0.139. The predicted octanol–water partition coefficient (Wildman–Crippen LogP) is 6.28. The van der Waals surface area contributed by atoms with Crippen LogP contribution in [0.5, 0.6) is 0 Å². The Hall–Kier alpha value is -4.38. The highest BCUT2D eigenvalue weighted by molar-refractivity contribution is 5.81. The molecule has 5 rings (SSSR count). The van der Waals surface area contributed by atoms with Crippen LogP contribution in [0.2, 0.25) is 0 Å². The fourth-order valence-corrected chi connectivity index (χ4v) is 4.98. The van der Waals surface area contributed by atoms with Crippen LogP contribution in [0.1, 0.15) is 29.0 Å². The first-order valence-electron chi connectivity index (χ1n) is 12.1. The molecule has 180 valence electrons. The maximum Gasteiger partial charge on any atom is 0.407 e. The van der Waals surface area contributed by atoms with E-state index in [1.807, 2.05) is 91.0 Å². The number of carbonyl (C=O) groups is 2. The van der Waals surface area contributed by atoms with E-state index in [1.165, 1.54) is 0 Å². The minimum Gasteiger partial charge on any atom is -0.480 e. The smallest absolute Gasteiger partial charge is 0.407 e. The van der Waals surface area contributed by atoms with Gasteiger partial charge >= 0.3 is 12.1 Å². The summed E-state index contributed by atoms with van der Waals surface area (Å²) in [5, 5.41) is 12.3. The number of aryl methyl sites for hydroxylation is 1. The van der Waals surface area contributed by atoms with Gasteiger partial charge in [0, 0.05) is 5.92 Å². The zero-order chi connectivity index (χ0) is 24.9. The van der Waals surface area contributed by atoms with Gasteiger partial charge in [0.15, 0.2) is 0 Å². The minimum absolute atomic E-state index is 0.0795. The first-order chi connectivity index (χ1) is 17.6. The van der Waals surface area contributed by atoms with Crippen LogP contribution in [0.3, 0.4) is 0 Å². The molecule has 0 saturated heterocycles. The van der Waals surface area contributed by atoms with Crippen LogP contribution in [0, 0.1) is 0 Å². The molecule has 5 nitrogen and oxygen atoms in total. The van der Waals surface area contributed by atoms with Gasteiger partial charge in [0.05, 0.1) is 0 Å². The van der Waals surface area contributed by atoms with Crippen LogP contribution in [0.4, 0.5) is 4.79 Å². The second kappa shape index (κ2) is 10.5. The molecule has 4 aromatic rings. The Kier molecular flexibility index (Phi) is 6.80. The summed E-state index contributed by atoms with van der Waals surface area (Å²) in [6, 6.07) is 33.0. The summed E-state index contributed by atoms with van der Waals surface area (Å²) in [4.78, 5) is 24.6. The summed E-state index contributed by atoms with van der Waals surface area (Å²) in [7, 11) is 0. The van der Waals surface area contributed by atoms with Crippen molar-refractivity contribution in [3.05, 3.63) is 120 Å². The molecule has 1 atom stereocenters. The van der Waals surface area contributed by atoms with E-state index in [0.717, 1.165) is 38.9 Å². The number of alkyl carbamates (subject to hydrolysis) is 1. The van der Waals surface area contributed by atoms with Crippen molar-refractivity contribution in [1.82, 2.24) is 5.32 Å². The highest BCUT2D eigenvalue weighted by atomic mass is 16.5. The Balaban J connectivity index is 1.23. The van der Waals surface area contributed by atoms with Gasteiger partial charge in [-0.3, -0.25) is 0 Å². The molecule has 0 fully saturated rings. The third kappa shape index (κ3) is 4.86. The SMILES string of the molecule is O=C(N[C@@H](CCc1ccccc1-c1ccccc1)C(=O)O)OCC1c2ccccc2-c2ccccc21. The number of hydrogen-bond donors (Lipinski definition) is 2. The quantitative estimate of drug-likeness (QED) is 0.313. The van der Waals surface area contributed by atoms with E-state index < -0.39 is 18.1 Å². The fourth-order valence-electron chi connectivity index (χ4n) is 4.98. The molecule has 0 bridgehead atoms. The van der Waals surface area contributed by atoms with Gasteiger partial charge in [0.1, 0.15) is 12.6 Å². The van der Waals surface area contributed by atoms with E-state index in [-0.39, 0.29) is 18.9 Å². The largest absolute Gasteiger partial charge is 0.480 e. The van der Waals surface area contributed by atoms with Crippen molar-refractivity contribution in [2.45, 2.75) is 24.8 Å². The Labute approximate surface area is 210 Å². The van der Waals surface area contributed by atoms with Gasteiger partial charge in [-0.1, -0.05) is 103 Å². The van der Waals surface area contributed by atoms with Crippen molar-refractivity contribution in [1.29, 1.82) is 0 Å². The summed E-state index contributed by atoms with van der Waals surface area (Å²) in [6.45, 7) is 0.142. The van der Waals surface area contributed by atoms with E-state index in [2.05, 4.69) is 17.4 Å². The van der Waals surface area contributed by atoms with Crippen molar-refractivity contribution in [3.63, 3.8) is 0 Å². The molecule has 0 aromatic heterocycles. The third-order valence-corrected chi connectivity index (χ3v) is 6.74. The van der Waals surface area contributed by atoms with Crippen LogP contribution in [-0.4, -0.2) is 29.8 Å². The molecular weight excluding hydrogens is 450 g/mol. The molecule has 0 saturated carbocycles. The van der Waals surface area contributed by atoms with Gasteiger partial charge in [-0.15, -0.1) is 0 Å². The average Bonchev–Trinajstić information content (AvgIpc) is 3.24. The van der Waals surface area contributed by atoms with Gasteiger partial charge < -0.3 is 15.2 Å². The number of carbonyl (C=O) groups excluding carboxylic acids is 1. The average molecular weight is 478 g/mol. The van der Waals surface area contributed by atoms with Gasteiger partial charge in [0.2, 0.25) is 0 Å². The number of carboxylic acid groups (broad SMARTS) is 1. The first-order valence-corrected chi connectivity index (χ1v) is 12.1. The molecular formula is C31H27NO4. The number of amides is 1. The zero-order valence-electron chi connectivity index (χ0n) is 19.8. The molecule has 5 heteroatoms. The topological polar surface area (TPSA) is 75.6 Å². The maximum absolute atomic E-state index is 12.6. The van der Waals surface area contributed by atoms with E-state index in [9.17, 15) is 14.7 Å². The molecule has 0 aliphatic heterocycles. The van der Waals surface area contributed by atoms with Crippen molar-refractivity contribution >= 4 is 12.1 Å². The third-order valence-electron chi connectivity index (χ3n) is 6.74. The summed E-state index contributed by atoms with van der Waals surface area (Å²) >= 11 is 0. The Morgan fingerprint density at radius 1 is 0.750 bits per heavy atom. The van der Waals surface area contributed by atoms with E-state index >= 15 is 0 Å². The van der Waals surface area contributed by atoms with Crippen LogP contribution < -0.4 is 5.32 Å². The highest BCUT2D eigenvalue weighted by Gasteiger charge is 2.29. The summed E-state index contributed by atoms with van der Waals surface area (Å²) in [6.07, 6.45) is 0.0373. The number of nitrogens with one attached hydrogen (secondary N) is 1. The number of benzene rings is 4. The Bertz CT molecular complexity index is 1340. The van der Waals surface area contributed by atoms with Crippen LogP contribution >= 0.6 is 0 Å². The molecule has 0 unspecified atom stereocenters. The van der Waals surface area contributed by atoms with E-state index in [0.29, 0.717) is 6.42 Å². The predicted molar refractivity (Wildman–Crippen MR) is 140 cm³/mol. The summed E-state index contributed by atoms with van der Waals surface area (Å²) in [5.41, 5.74) is 7.67. The standard InChI is InChI=1S/C31H27NO4/c33-30(34)29(19-18-22-12-4-5-13-23(22)21-10-2-1-3-11-21)32-31(35)36-20-28-26-16-8-6-14-24(26)25-15-7-9-17-27(25)28/h1-17,28-29H,18-20H2,(H,32,35)(H,33,34)/t29-/m0/s1. The zero-order valence-corrected chi connectivity index (χ0v) is 19.8. The second-order valence-electron chi connectivity index (χ2n) is 8.92. The monoisotopic (exact) mass is 477 g/mol. The molecule has 4 aromatic carbocycles. The number of hydrogen-bond acceptors (Lipinski definition) is 3. The maximum atomic E-state index is 12.6. The van der Waals surface area contributed by atoms with Gasteiger partial charge in [-0.25, -0.2) is 9.59 Å². The van der Waals surface area contributed by atoms with Crippen LogP contribution in [0.15, 0.2) is 103 Å². The molecule has 1 amide bonds. The Morgan fingerprint density at radius 3 is 1.94 bits per heavy atom. The van der Waals surface area contributed by atoms with Gasteiger partial charge in [-0.05, 0) is 51.8 Å². The molecule has 0 radical (unpaired) electrons. The molecule has 1 aliphatic rings. The number of carboxylic acids is 1. The van der Waals surface area contributed by atoms with Gasteiger partial charge in [-0.2, -0.15) is 0 Å². The normalized spacial score (nSPS) is 12.9. The van der Waals surface area contributed by atoms with Crippen molar-refractivity contribution < 1.29 is 19.4 Å². The number of fused-ring (bicyclic) bond motifs is 3. The minimum atomic E-state index is -1.08. The lowest BCUT2D eigenvalue weighted by Crippen LogP contribution is -2.41. The molecule has 2 N–H and O–H groups in total. The first kappa shape index (κ1) is 23.4. The van der Waals surface area contributed by atoms with Crippen molar-refractivity contribution in [2.75, 3.05) is 6.61 Å². The second-order valence-corrected chi connectivity index (χ2v) is 8.92. The van der Waals surface area contributed by atoms with Crippen molar-refractivity contribution in [2.24, 2.45) is 0 Å². The molecule has 36 heavy (non-hydrogen) atoms.